The molecule has 0 unspecified atom stereocenters. The van der Waals surface area contributed by atoms with Crippen molar-refractivity contribution in [2.24, 2.45) is 5.92 Å². The molecule has 1 aromatic heterocycles. The number of nitrogens with one attached hydrogen (secondary N) is 1. The highest BCUT2D eigenvalue weighted by Gasteiger charge is 2.26. The summed E-state index contributed by atoms with van der Waals surface area (Å²) < 4.78 is 2.01. The number of hydrogen-bond acceptors (Lipinski definition) is 3. The predicted molar refractivity (Wildman–Crippen MR) is 104 cm³/mol. The number of amides is 2. The van der Waals surface area contributed by atoms with Gasteiger partial charge in [-0.25, -0.2) is 4.98 Å². The van der Waals surface area contributed by atoms with Gasteiger partial charge in [0.1, 0.15) is 0 Å². The van der Waals surface area contributed by atoms with Gasteiger partial charge in [-0.15, -0.1) is 0 Å². The molecule has 6 heteroatoms. The summed E-state index contributed by atoms with van der Waals surface area (Å²) in [4.78, 5) is 30.6. The smallest absolute Gasteiger partial charge is 0.223 e. The lowest BCUT2D eigenvalue weighted by molar-refractivity contribution is -0.135. The summed E-state index contributed by atoms with van der Waals surface area (Å²) in [6.07, 6.45) is 9.17. The molecule has 2 aromatic rings. The first-order valence-electron chi connectivity index (χ1n) is 9.77. The minimum atomic E-state index is 0.0245. The molecule has 144 valence electrons. The number of likely N-dealkylation sites (tertiary alicyclic amines) is 1. The molecule has 0 aliphatic carbocycles. The van der Waals surface area contributed by atoms with Crippen molar-refractivity contribution in [1.29, 1.82) is 0 Å². The van der Waals surface area contributed by atoms with Gasteiger partial charge in [0.15, 0.2) is 0 Å². The lowest BCUT2D eigenvalue weighted by Gasteiger charge is -2.31. The van der Waals surface area contributed by atoms with Gasteiger partial charge in [0.25, 0.3) is 0 Å². The van der Waals surface area contributed by atoms with Crippen LogP contribution in [0.2, 0.25) is 0 Å². The van der Waals surface area contributed by atoms with E-state index in [1.165, 1.54) is 5.56 Å². The molecule has 27 heavy (non-hydrogen) atoms. The fourth-order valence-corrected chi connectivity index (χ4v) is 3.48. The normalized spacial score (nSPS) is 14.9. The van der Waals surface area contributed by atoms with E-state index in [-0.39, 0.29) is 17.7 Å². The molecule has 0 bridgehead atoms. The van der Waals surface area contributed by atoms with Gasteiger partial charge >= 0.3 is 0 Å². The molecule has 2 amide bonds. The second-order valence-electron chi connectivity index (χ2n) is 7.09. The Balaban J connectivity index is 1.31. The minimum Gasteiger partial charge on any atom is -0.356 e. The molecule has 6 nitrogen and oxygen atoms in total. The molecule has 1 N–H and O–H groups in total. The van der Waals surface area contributed by atoms with Crippen molar-refractivity contribution >= 4 is 11.8 Å². The Morgan fingerprint density at radius 3 is 2.63 bits per heavy atom. The zero-order valence-corrected chi connectivity index (χ0v) is 15.7. The summed E-state index contributed by atoms with van der Waals surface area (Å²) in [5.74, 6) is 0.339. The second kappa shape index (κ2) is 9.90. The molecule has 1 aliphatic rings. The topological polar surface area (TPSA) is 67.2 Å². The van der Waals surface area contributed by atoms with Gasteiger partial charge in [-0.3, -0.25) is 9.59 Å². The standard InChI is InChI=1S/C21H28N4O2/c26-20(8-7-18-5-2-1-3-6-18)25-14-9-19(10-15-25)21(27)23-11-4-13-24-16-12-22-17-24/h1-3,5-6,12,16-17,19H,4,7-11,13-15H2,(H,23,27). The summed E-state index contributed by atoms with van der Waals surface area (Å²) in [7, 11) is 0. The molecular formula is C21H28N4O2. The second-order valence-corrected chi connectivity index (χ2v) is 7.09. The lowest BCUT2D eigenvalue weighted by Crippen LogP contribution is -2.43. The van der Waals surface area contributed by atoms with Crippen LogP contribution in [0, 0.1) is 5.92 Å². The fraction of sp³-hybridized carbons (Fsp3) is 0.476. The highest BCUT2D eigenvalue weighted by Crippen LogP contribution is 2.18. The van der Waals surface area contributed by atoms with E-state index in [0.29, 0.717) is 26.1 Å². The third kappa shape index (κ3) is 5.94. The van der Waals surface area contributed by atoms with E-state index in [9.17, 15) is 9.59 Å². The molecule has 0 radical (unpaired) electrons. The van der Waals surface area contributed by atoms with E-state index in [0.717, 1.165) is 32.2 Å². The third-order valence-corrected chi connectivity index (χ3v) is 5.14. The summed E-state index contributed by atoms with van der Waals surface area (Å²) in [5.41, 5.74) is 1.19. The molecule has 0 atom stereocenters. The van der Waals surface area contributed by atoms with Crippen molar-refractivity contribution in [3.05, 3.63) is 54.6 Å². The average Bonchev–Trinajstić information content (AvgIpc) is 3.24. The van der Waals surface area contributed by atoms with Crippen molar-refractivity contribution in [1.82, 2.24) is 19.8 Å². The highest BCUT2D eigenvalue weighted by molar-refractivity contribution is 5.80. The van der Waals surface area contributed by atoms with Crippen LogP contribution in [-0.4, -0.2) is 45.9 Å². The number of carbonyl (C=O) groups excluding carboxylic acids is 2. The Kier molecular flexibility index (Phi) is 7.02. The third-order valence-electron chi connectivity index (χ3n) is 5.14. The molecule has 1 aromatic carbocycles. The van der Waals surface area contributed by atoms with E-state index in [1.807, 2.05) is 33.9 Å². The molecule has 1 saturated heterocycles. The van der Waals surface area contributed by atoms with Gasteiger partial charge in [0, 0.05) is 50.9 Å². The lowest BCUT2D eigenvalue weighted by atomic mass is 9.95. The summed E-state index contributed by atoms with van der Waals surface area (Å²) in [6.45, 7) is 2.89. The van der Waals surface area contributed by atoms with E-state index in [4.69, 9.17) is 0 Å². The number of carbonyl (C=O) groups is 2. The van der Waals surface area contributed by atoms with Crippen molar-refractivity contribution in [2.45, 2.75) is 38.6 Å². The SMILES string of the molecule is O=C(NCCCn1ccnc1)C1CCN(C(=O)CCc2ccccc2)CC1. The van der Waals surface area contributed by atoms with Gasteiger partial charge < -0.3 is 14.8 Å². The van der Waals surface area contributed by atoms with Gasteiger partial charge in [0.05, 0.1) is 6.33 Å². The Morgan fingerprint density at radius 2 is 1.93 bits per heavy atom. The fourth-order valence-electron chi connectivity index (χ4n) is 3.48. The number of nitrogens with zero attached hydrogens (tertiary/aromatic N) is 3. The maximum absolute atomic E-state index is 12.4. The van der Waals surface area contributed by atoms with Gasteiger partial charge in [-0.05, 0) is 31.2 Å². The van der Waals surface area contributed by atoms with Crippen LogP contribution >= 0.6 is 0 Å². The minimum absolute atomic E-state index is 0.0245. The van der Waals surface area contributed by atoms with Crippen LogP contribution in [-0.2, 0) is 22.6 Å². The van der Waals surface area contributed by atoms with Gasteiger partial charge in [0.2, 0.25) is 11.8 Å². The number of aromatic nitrogens is 2. The maximum atomic E-state index is 12.4. The quantitative estimate of drug-likeness (QED) is 0.727. The molecule has 1 fully saturated rings. The number of benzene rings is 1. The first-order chi connectivity index (χ1) is 13.2. The monoisotopic (exact) mass is 368 g/mol. The van der Waals surface area contributed by atoms with Crippen molar-refractivity contribution in [3.8, 4) is 0 Å². The summed E-state index contributed by atoms with van der Waals surface area (Å²) in [5, 5.41) is 3.03. The number of imidazole rings is 1. The van der Waals surface area contributed by atoms with Crippen molar-refractivity contribution in [3.63, 3.8) is 0 Å². The Labute approximate surface area is 160 Å². The van der Waals surface area contributed by atoms with Gasteiger partial charge in [-0.1, -0.05) is 30.3 Å². The van der Waals surface area contributed by atoms with Crippen LogP contribution in [0.15, 0.2) is 49.1 Å². The number of aryl methyl sites for hydroxylation is 2. The van der Waals surface area contributed by atoms with Crippen molar-refractivity contribution in [2.75, 3.05) is 19.6 Å². The Hall–Kier alpha value is -2.63. The van der Waals surface area contributed by atoms with Crippen LogP contribution in [0.5, 0.6) is 0 Å². The van der Waals surface area contributed by atoms with Crippen LogP contribution in [0.3, 0.4) is 0 Å². The zero-order chi connectivity index (χ0) is 18.9. The molecule has 1 aliphatic heterocycles. The Morgan fingerprint density at radius 1 is 1.15 bits per heavy atom. The molecule has 2 heterocycles. The van der Waals surface area contributed by atoms with Crippen LogP contribution < -0.4 is 5.32 Å². The summed E-state index contributed by atoms with van der Waals surface area (Å²) in [6, 6.07) is 10.1. The van der Waals surface area contributed by atoms with E-state index >= 15 is 0 Å². The first-order valence-corrected chi connectivity index (χ1v) is 9.77. The van der Waals surface area contributed by atoms with Gasteiger partial charge in [-0.2, -0.15) is 0 Å². The maximum Gasteiger partial charge on any atom is 0.223 e. The molecule has 3 rings (SSSR count). The molecular weight excluding hydrogens is 340 g/mol. The first kappa shape index (κ1) is 19.1. The molecule has 0 saturated carbocycles. The van der Waals surface area contributed by atoms with Crippen LogP contribution in [0.1, 0.15) is 31.2 Å². The number of rotatable bonds is 8. The van der Waals surface area contributed by atoms with Crippen molar-refractivity contribution < 1.29 is 9.59 Å². The van der Waals surface area contributed by atoms with E-state index in [2.05, 4.69) is 22.4 Å². The Bertz CT molecular complexity index is 707. The largest absolute Gasteiger partial charge is 0.356 e. The van der Waals surface area contributed by atoms with E-state index in [1.54, 1.807) is 12.5 Å². The number of hydrogen-bond donors (Lipinski definition) is 1. The van der Waals surface area contributed by atoms with Crippen LogP contribution in [0.4, 0.5) is 0 Å². The zero-order valence-electron chi connectivity index (χ0n) is 15.7. The predicted octanol–water partition coefficient (Wildman–Crippen LogP) is 2.26. The van der Waals surface area contributed by atoms with Crippen LogP contribution in [0.25, 0.3) is 0 Å². The average molecular weight is 368 g/mol. The molecule has 0 spiro atoms. The number of piperidine rings is 1. The summed E-state index contributed by atoms with van der Waals surface area (Å²) >= 11 is 0. The highest BCUT2D eigenvalue weighted by atomic mass is 16.2. The van der Waals surface area contributed by atoms with E-state index < -0.39 is 0 Å².